The van der Waals surface area contributed by atoms with E-state index in [0.717, 1.165) is 24.0 Å². The van der Waals surface area contributed by atoms with Crippen LogP contribution in [0.3, 0.4) is 0 Å². The van der Waals surface area contributed by atoms with Crippen molar-refractivity contribution in [1.82, 2.24) is 4.98 Å². The molecule has 3 aromatic carbocycles. The van der Waals surface area contributed by atoms with Gasteiger partial charge in [0.1, 0.15) is 16.9 Å². The van der Waals surface area contributed by atoms with Crippen LogP contribution in [0.5, 0.6) is 5.75 Å². The average molecular weight is 488 g/mol. The number of carbonyl (C=O) groups excluding carboxylic acids is 1. The molecule has 36 heavy (non-hydrogen) atoms. The molecule has 0 saturated carbocycles. The van der Waals surface area contributed by atoms with Crippen LogP contribution in [0.25, 0.3) is 22.0 Å². The molecule has 0 spiro atoms. The van der Waals surface area contributed by atoms with E-state index in [2.05, 4.69) is 4.98 Å². The summed E-state index contributed by atoms with van der Waals surface area (Å²) in [5, 5.41) is 10.5. The molecule has 0 radical (unpaired) electrons. The monoisotopic (exact) mass is 487 g/mol. The van der Waals surface area contributed by atoms with Crippen LogP contribution in [-0.4, -0.2) is 35.7 Å². The second-order valence-electron chi connectivity index (χ2n) is 8.39. The molecule has 0 fully saturated rings. The van der Waals surface area contributed by atoms with Crippen molar-refractivity contribution in [2.45, 2.75) is 26.2 Å². The molecule has 0 aliphatic heterocycles. The Morgan fingerprint density at radius 3 is 2.42 bits per heavy atom. The number of hydrogen-bond donors (Lipinski definition) is 1. The smallest absolute Gasteiger partial charge is 0.341 e. The average Bonchev–Trinajstić information content (AvgIpc) is 2.89. The lowest BCUT2D eigenvalue weighted by Crippen LogP contribution is -2.09. The standard InChI is InChI=1S/C29H26FNO5/c1-3-4-13-36-27-25(29(34)35-2)16-23(21-7-5-6-8-22(21)28(32)33)24-15-19(17-31-26(24)27)14-18-9-11-20(30)12-10-18/h5-12,15-17H,3-4,13-14H2,1-2H3,(H,32,33). The molecule has 1 N–H and O–H groups in total. The lowest BCUT2D eigenvalue weighted by molar-refractivity contribution is 0.0595. The Morgan fingerprint density at radius 1 is 0.972 bits per heavy atom. The molecule has 7 heteroatoms. The minimum atomic E-state index is -1.09. The zero-order valence-corrected chi connectivity index (χ0v) is 20.1. The number of unbranched alkanes of at least 4 members (excludes halogenated alkanes) is 1. The van der Waals surface area contributed by atoms with Crippen molar-refractivity contribution in [3.63, 3.8) is 0 Å². The van der Waals surface area contributed by atoms with Crippen molar-refractivity contribution >= 4 is 22.8 Å². The number of carbonyl (C=O) groups is 2. The Morgan fingerprint density at radius 2 is 1.72 bits per heavy atom. The quantitative estimate of drug-likeness (QED) is 0.220. The number of aromatic nitrogens is 1. The molecule has 0 amide bonds. The van der Waals surface area contributed by atoms with Crippen LogP contribution in [0.15, 0.2) is 66.9 Å². The molecule has 0 unspecified atom stereocenters. The SMILES string of the molecule is CCCCOc1c(C(=O)OC)cc(-c2ccccc2C(=O)O)c2cc(Cc3ccc(F)cc3)cnc12. The third-order valence-corrected chi connectivity index (χ3v) is 5.90. The summed E-state index contributed by atoms with van der Waals surface area (Å²) in [6.45, 7) is 2.42. The summed E-state index contributed by atoms with van der Waals surface area (Å²) in [5.41, 5.74) is 3.42. The van der Waals surface area contributed by atoms with Gasteiger partial charge in [-0.15, -0.1) is 0 Å². The Labute approximate surface area is 208 Å². The van der Waals surface area contributed by atoms with Crippen molar-refractivity contribution in [1.29, 1.82) is 0 Å². The number of rotatable bonds is 9. The topological polar surface area (TPSA) is 85.7 Å². The fourth-order valence-corrected chi connectivity index (χ4v) is 4.10. The largest absolute Gasteiger partial charge is 0.490 e. The number of carboxylic acid groups (broad SMARTS) is 1. The highest BCUT2D eigenvalue weighted by atomic mass is 19.1. The predicted octanol–water partition coefficient (Wildman–Crippen LogP) is 6.30. The fourth-order valence-electron chi connectivity index (χ4n) is 4.10. The third kappa shape index (κ3) is 5.20. The van der Waals surface area contributed by atoms with Crippen LogP contribution in [0.1, 0.15) is 51.6 Å². The van der Waals surface area contributed by atoms with Gasteiger partial charge in [-0.1, -0.05) is 43.7 Å². The zero-order chi connectivity index (χ0) is 25.7. The van der Waals surface area contributed by atoms with Crippen molar-refractivity contribution in [3.05, 3.63) is 94.9 Å². The Balaban J connectivity index is 1.97. The molecule has 1 aromatic heterocycles. The van der Waals surface area contributed by atoms with Crippen molar-refractivity contribution < 1.29 is 28.6 Å². The van der Waals surface area contributed by atoms with Gasteiger partial charge in [0.25, 0.3) is 0 Å². The van der Waals surface area contributed by atoms with Gasteiger partial charge >= 0.3 is 11.9 Å². The minimum absolute atomic E-state index is 0.0956. The number of aromatic carboxylic acids is 1. The van der Waals surface area contributed by atoms with Crippen LogP contribution >= 0.6 is 0 Å². The first kappa shape index (κ1) is 24.9. The second kappa shape index (κ2) is 11.0. The normalized spacial score (nSPS) is 10.9. The summed E-state index contributed by atoms with van der Waals surface area (Å²) in [6, 6.07) is 16.4. The number of esters is 1. The van der Waals surface area contributed by atoms with Crippen LogP contribution in [0.4, 0.5) is 4.39 Å². The number of halogens is 1. The number of methoxy groups -OCH3 is 1. The highest BCUT2D eigenvalue weighted by Crippen LogP contribution is 2.39. The first-order valence-electron chi connectivity index (χ1n) is 11.7. The first-order chi connectivity index (χ1) is 17.4. The van der Waals surface area contributed by atoms with Gasteiger partial charge in [-0.05, 0) is 65.4 Å². The summed E-state index contributed by atoms with van der Waals surface area (Å²) in [4.78, 5) is 29.4. The first-order valence-corrected chi connectivity index (χ1v) is 11.7. The van der Waals surface area contributed by atoms with Gasteiger partial charge in [0.2, 0.25) is 0 Å². The maximum Gasteiger partial charge on any atom is 0.341 e. The predicted molar refractivity (Wildman–Crippen MR) is 135 cm³/mol. The molecule has 0 aliphatic carbocycles. The summed E-state index contributed by atoms with van der Waals surface area (Å²) in [5.74, 6) is -1.70. The van der Waals surface area contributed by atoms with Gasteiger partial charge in [-0.2, -0.15) is 0 Å². The van der Waals surface area contributed by atoms with E-state index in [1.54, 1.807) is 42.6 Å². The molecule has 4 rings (SSSR count). The number of pyridine rings is 1. The van der Waals surface area contributed by atoms with E-state index in [9.17, 15) is 19.1 Å². The van der Waals surface area contributed by atoms with E-state index >= 15 is 0 Å². The number of hydrogen-bond acceptors (Lipinski definition) is 5. The Kier molecular flexibility index (Phi) is 7.59. The van der Waals surface area contributed by atoms with E-state index in [4.69, 9.17) is 9.47 Å². The number of benzene rings is 3. The highest BCUT2D eigenvalue weighted by molar-refractivity contribution is 6.09. The summed E-state index contributed by atoms with van der Waals surface area (Å²) >= 11 is 0. The van der Waals surface area contributed by atoms with Gasteiger partial charge in [-0.25, -0.2) is 14.0 Å². The molecule has 0 saturated heterocycles. The molecule has 184 valence electrons. The van der Waals surface area contributed by atoms with Crippen LogP contribution < -0.4 is 4.74 Å². The Hall–Kier alpha value is -4.26. The molecule has 0 bridgehead atoms. The zero-order valence-electron chi connectivity index (χ0n) is 20.1. The number of ether oxygens (including phenoxy) is 2. The minimum Gasteiger partial charge on any atom is -0.490 e. The van der Waals surface area contributed by atoms with Gasteiger partial charge in [0.15, 0.2) is 5.75 Å². The third-order valence-electron chi connectivity index (χ3n) is 5.90. The lowest BCUT2D eigenvalue weighted by atomic mass is 9.92. The summed E-state index contributed by atoms with van der Waals surface area (Å²) < 4.78 is 24.4. The Bertz CT molecular complexity index is 1420. The van der Waals surface area contributed by atoms with E-state index in [1.807, 2.05) is 13.0 Å². The van der Waals surface area contributed by atoms with E-state index in [0.29, 0.717) is 40.8 Å². The van der Waals surface area contributed by atoms with Crippen LogP contribution in [0, 0.1) is 5.82 Å². The summed E-state index contributed by atoms with van der Waals surface area (Å²) in [7, 11) is 1.28. The van der Waals surface area contributed by atoms with Crippen molar-refractivity contribution in [2.75, 3.05) is 13.7 Å². The molecule has 0 aliphatic rings. The van der Waals surface area contributed by atoms with Crippen molar-refractivity contribution in [3.8, 4) is 16.9 Å². The highest BCUT2D eigenvalue weighted by Gasteiger charge is 2.23. The number of carboxylic acids is 1. The fraction of sp³-hybridized carbons (Fsp3) is 0.207. The van der Waals surface area contributed by atoms with Crippen LogP contribution in [-0.2, 0) is 11.2 Å². The maximum absolute atomic E-state index is 13.4. The molecule has 0 atom stereocenters. The van der Waals surface area contributed by atoms with Gasteiger partial charge in [-0.3, -0.25) is 4.98 Å². The van der Waals surface area contributed by atoms with Gasteiger partial charge in [0.05, 0.1) is 19.3 Å². The maximum atomic E-state index is 13.4. The second-order valence-corrected chi connectivity index (χ2v) is 8.39. The molecule has 4 aromatic rings. The van der Waals surface area contributed by atoms with Crippen molar-refractivity contribution in [2.24, 2.45) is 0 Å². The van der Waals surface area contributed by atoms with E-state index in [-0.39, 0.29) is 16.9 Å². The van der Waals surface area contributed by atoms with Gasteiger partial charge in [0, 0.05) is 11.6 Å². The lowest BCUT2D eigenvalue weighted by Gasteiger charge is -2.17. The van der Waals surface area contributed by atoms with Crippen LogP contribution in [0.2, 0.25) is 0 Å². The molecule has 1 heterocycles. The number of fused-ring (bicyclic) bond motifs is 1. The molecular weight excluding hydrogens is 461 g/mol. The van der Waals surface area contributed by atoms with E-state index in [1.165, 1.54) is 25.3 Å². The molecular formula is C29H26FNO5. The number of nitrogens with zero attached hydrogens (tertiary/aromatic N) is 1. The summed E-state index contributed by atoms with van der Waals surface area (Å²) in [6.07, 6.45) is 3.87. The van der Waals surface area contributed by atoms with E-state index < -0.39 is 11.9 Å². The van der Waals surface area contributed by atoms with Gasteiger partial charge < -0.3 is 14.6 Å². The molecule has 6 nitrogen and oxygen atoms in total.